The van der Waals surface area contributed by atoms with E-state index in [9.17, 15) is 17.6 Å². The number of halogens is 1. The third-order valence-electron chi connectivity index (χ3n) is 5.07. The fraction of sp³-hybridized carbons (Fsp3) is 0.381. The Morgan fingerprint density at radius 3 is 2.55 bits per heavy atom. The van der Waals surface area contributed by atoms with Crippen LogP contribution in [0.4, 0.5) is 4.39 Å². The minimum absolute atomic E-state index is 0.0215. The van der Waals surface area contributed by atoms with Gasteiger partial charge in [0.25, 0.3) is 5.91 Å². The van der Waals surface area contributed by atoms with E-state index in [0.717, 1.165) is 37.8 Å². The van der Waals surface area contributed by atoms with Crippen LogP contribution < -0.4 is 10.1 Å². The predicted octanol–water partition coefficient (Wildman–Crippen LogP) is 2.63. The van der Waals surface area contributed by atoms with Crippen LogP contribution in [0.15, 0.2) is 47.4 Å². The molecule has 3 rings (SSSR count). The van der Waals surface area contributed by atoms with E-state index in [4.69, 9.17) is 4.74 Å². The molecule has 0 atom stereocenters. The van der Waals surface area contributed by atoms with E-state index in [1.807, 2.05) is 6.07 Å². The smallest absolute Gasteiger partial charge is 0.251 e. The maximum Gasteiger partial charge on any atom is 0.251 e. The first kappa shape index (κ1) is 21.3. The van der Waals surface area contributed by atoms with Crippen molar-refractivity contribution >= 4 is 15.7 Å². The van der Waals surface area contributed by atoms with Crippen LogP contribution in [0.2, 0.25) is 0 Å². The van der Waals surface area contributed by atoms with Gasteiger partial charge in [0.05, 0.1) is 12.0 Å². The number of carbonyl (C=O) groups excluding carboxylic acids is 1. The first-order valence-electron chi connectivity index (χ1n) is 9.42. The highest BCUT2D eigenvalue weighted by Gasteiger charge is 2.22. The van der Waals surface area contributed by atoms with Crippen molar-refractivity contribution in [3.63, 3.8) is 0 Å². The van der Waals surface area contributed by atoms with Crippen molar-refractivity contribution in [2.75, 3.05) is 26.5 Å². The number of carbonyl (C=O) groups is 1. The van der Waals surface area contributed by atoms with Crippen molar-refractivity contribution in [2.45, 2.75) is 30.3 Å². The summed E-state index contributed by atoms with van der Waals surface area (Å²) in [5, 5.41) is 2.99. The lowest BCUT2D eigenvalue weighted by Gasteiger charge is -2.32. The van der Waals surface area contributed by atoms with Crippen molar-refractivity contribution < 1.29 is 22.3 Å². The summed E-state index contributed by atoms with van der Waals surface area (Å²) in [6.45, 7) is 2.20. The monoisotopic (exact) mass is 420 g/mol. The molecule has 29 heavy (non-hydrogen) atoms. The van der Waals surface area contributed by atoms with E-state index in [0.29, 0.717) is 12.1 Å². The minimum Gasteiger partial charge on any atom is -0.494 e. The van der Waals surface area contributed by atoms with Gasteiger partial charge in [-0.05, 0) is 48.7 Å². The van der Waals surface area contributed by atoms with E-state index in [-0.39, 0.29) is 28.4 Å². The van der Waals surface area contributed by atoms with Gasteiger partial charge in [-0.1, -0.05) is 12.1 Å². The molecule has 6 nitrogen and oxygen atoms in total. The summed E-state index contributed by atoms with van der Waals surface area (Å²) in [6, 6.07) is 11.0. The fourth-order valence-corrected chi connectivity index (χ4v) is 4.11. The molecule has 2 aromatic carbocycles. The number of hydrogen-bond acceptors (Lipinski definition) is 5. The number of nitrogens with zero attached hydrogens (tertiary/aromatic N) is 1. The number of benzene rings is 2. The van der Waals surface area contributed by atoms with Gasteiger partial charge in [-0.3, -0.25) is 9.69 Å². The standard InChI is InChI=1S/C21H25FN2O4S/c1-28-20-7-6-15(12-19(20)22)14-24-10-8-17(9-11-24)23-21(25)16-4-3-5-18(13-16)29(2,26)27/h3-7,12-13,17H,8-11,14H2,1-2H3,(H,23,25). The molecular formula is C21H25FN2O4S. The molecule has 0 unspecified atom stereocenters. The molecule has 1 fully saturated rings. The average Bonchev–Trinajstić information content (AvgIpc) is 2.69. The van der Waals surface area contributed by atoms with Gasteiger partial charge in [-0.2, -0.15) is 0 Å². The number of amides is 1. The lowest BCUT2D eigenvalue weighted by Crippen LogP contribution is -2.44. The predicted molar refractivity (Wildman–Crippen MR) is 108 cm³/mol. The summed E-state index contributed by atoms with van der Waals surface area (Å²) in [6.07, 6.45) is 2.67. The zero-order valence-corrected chi connectivity index (χ0v) is 17.3. The zero-order chi connectivity index (χ0) is 21.0. The topological polar surface area (TPSA) is 75.7 Å². The zero-order valence-electron chi connectivity index (χ0n) is 16.5. The SMILES string of the molecule is COc1ccc(CN2CCC(NC(=O)c3cccc(S(C)(=O)=O)c3)CC2)cc1F. The normalized spacial score (nSPS) is 15.8. The summed E-state index contributed by atoms with van der Waals surface area (Å²) >= 11 is 0. The van der Waals surface area contributed by atoms with Crippen LogP contribution in [0.25, 0.3) is 0 Å². The van der Waals surface area contributed by atoms with Crippen LogP contribution in [-0.4, -0.2) is 51.7 Å². The van der Waals surface area contributed by atoms with Crippen molar-refractivity contribution in [2.24, 2.45) is 0 Å². The van der Waals surface area contributed by atoms with Gasteiger partial charge in [0.15, 0.2) is 21.4 Å². The highest BCUT2D eigenvalue weighted by Crippen LogP contribution is 2.20. The van der Waals surface area contributed by atoms with Crippen LogP contribution in [0.1, 0.15) is 28.8 Å². The second-order valence-electron chi connectivity index (χ2n) is 7.29. The van der Waals surface area contributed by atoms with Crippen LogP contribution in [-0.2, 0) is 16.4 Å². The number of likely N-dealkylation sites (tertiary alicyclic amines) is 1. The summed E-state index contributed by atoms with van der Waals surface area (Å²) in [5.74, 6) is -0.412. The maximum atomic E-state index is 13.8. The Hall–Kier alpha value is -2.45. The number of ether oxygens (including phenoxy) is 1. The highest BCUT2D eigenvalue weighted by molar-refractivity contribution is 7.90. The quantitative estimate of drug-likeness (QED) is 0.778. The molecule has 0 aliphatic carbocycles. The van der Waals surface area contributed by atoms with Crippen molar-refractivity contribution in [1.82, 2.24) is 10.2 Å². The fourth-order valence-electron chi connectivity index (χ4n) is 3.44. The Bertz CT molecular complexity index is 986. The molecule has 156 valence electrons. The van der Waals surface area contributed by atoms with Gasteiger partial charge < -0.3 is 10.1 Å². The van der Waals surface area contributed by atoms with Gasteiger partial charge >= 0.3 is 0 Å². The Morgan fingerprint density at radius 1 is 1.21 bits per heavy atom. The lowest BCUT2D eigenvalue weighted by molar-refractivity contribution is 0.0908. The number of piperidine rings is 1. The first-order valence-corrected chi connectivity index (χ1v) is 11.3. The molecule has 0 saturated carbocycles. The van der Waals surface area contributed by atoms with Crippen molar-refractivity contribution in [3.8, 4) is 5.75 Å². The molecule has 1 aliphatic heterocycles. The lowest BCUT2D eigenvalue weighted by atomic mass is 10.0. The number of sulfone groups is 1. The molecule has 1 amide bonds. The van der Waals surface area contributed by atoms with E-state index in [1.165, 1.54) is 25.3 Å². The molecule has 0 bridgehead atoms. The van der Waals surface area contributed by atoms with Crippen LogP contribution in [0, 0.1) is 5.82 Å². The van der Waals surface area contributed by atoms with Crippen LogP contribution in [0.3, 0.4) is 0 Å². The third kappa shape index (κ3) is 5.55. The largest absolute Gasteiger partial charge is 0.494 e. The molecule has 0 aromatic heterocycles. The number of rotatable bonds is 6. The summed E-state index contributed by atoms with van der Waals surface area (Å²) in [5.41, 5.74) is 1.22. The summed E-state index contributed by atoms with van der Waals surface area (Å²) in [4.78, 5) is 14.8. The minimum atomic E-state index is -3.36. The Balaban J connectivity index is 1.53. The first-order chi connectivity index (χ1) is 13.8. The van der Waals surface area contributed by atoms with Crippen LogP contribution >= 0.6 is 0 Å². The van der Waals surface area contributed by atoms with Gasteiger partial charge in [0.2, 0.25) is 0 Å². The van der Waals surface area contributed by atoms with E-state index in [2.05, 4.69) is 10.2 Å². The molecule has 2 aromatic rings. The van der Waals surface area contributed by atoms with Gasteiger partial charge in [0.1, 0.15) is 0 Å². The Kier molecular flexibility index (Phi) is 6.54. The average molecular weight is 421 g/mol. The number of methoxy groups -OCH3 is 1. The highest BCUT2D eigenvalue weighted by atomic mass is 32.2. The van der Waals surface area contributed by atoms with Gasteiger partial charge in [-0.15, -0.1) is 0 Å². The molecule has 1 aliphatic rings. The second kappa shape index (κ2) is 8.92. The molecule has 1 saturated heterocycles. The van der Waals surface area contributed by atoms with Gasteiger partial charge in [-0.25, -0.2) is 12.8 Å². The summed E-state index contributed by atoms with van der Waals surface area (Å²) < 4.78 is 42.1. The second-order valence-corrected chi connectivity index (χ2v) is 9.31. The van der Waals surface area contributed by atoms with Gasteiger partial charge in [0, 0.05) is 37.5 Å². The molecular weight excluding hydrogens is 395 g/mol. The molecule has 0 radical (unpaired) electrons. The Labute approximate surface area is 170 Å². The maximum absolute atomic E-state index is 13.8. The molecule has 1 N–H and O–H groups in total. The third-order valence-corrected chi connectivity index (χ3v) is 6.18. The summed E-state index contributed by atoms with van der Waals surface area (Å²) in [7, 11) is -1.92. The number of nitrogens with one attached hydrogen (secondary N) is 1. The number of hydrogen-bond donors (Lipinski definition) is 1. The van der Waals surface area contributed by atoms with Crippen molar-refractivity contribution in [3.05, 3.63) is 59.4 Å². The van der Waals surface area contributed by atoms with E-state index >= 15 is 0 Å². The molecule has 1 heterocycles. The molecule has 8 heteroatoms. The van der Waals surface area contributed by atoms with Crippen LogP contribution in [0.5, 0.6) is 5.75 Å². The van der Waals surface area contributed by atoms with Crippen molar-refractivity contribution in [1.29, 1.82) is 0 Å². The van der Waals surface area contributed by atoms with E-state index in [1.54, 1.807) is 18.2 Å². The van der Waals surface area contributed by atoms with E-state index < -0.39 is 9.84 Å². The molecule has 0 spiro atoms. The Morgan fingerprint density at radius 2 is 1.93 bits per heavy atom.